The number of rotatable bonds is 3. The number of nitrogen functional groups attached to an aromatic ring is 1. The maximum absolute atomic E-state index is 5.40. The van der Waals surface area contributed by atoms with Crippen LogP contribution in [-0.2, 0) is 12.8 Å². The number of aromatic amines is 1. The molecule has 0 aliphatic carbocycles. The normalized spacial score (nSPS) is 10.8. The Morgan fingerprint density at radius 2 is 2.13 bits per heavy atom. The van der Waals surface area contributed by atoms with Crippen molar-refractivity contribution in [1.29, 1.82) is 0 Å². The third kappa shape index (κ3) is 1.98. The summed E-state index contributed by atoms with van der Waals surface area (Å²) in [5.41, 5.74) is 7.46. The molecule has 0 amide bonds. The van der Waals surface area contributed by atoms with Gasteiger partial charge in [-0.25, -0.2) is 0 Å². The van der Waals surface area contributed by atoms with Crippen LogP contribution in [0.2, 0.25) is 0 Å². The molecular formula is C9H13N5O. The van der Waals surface area contributed by atoms with Crippen LogP contribution in [0.25, 0.3) is 0 Å². The summed E-state index contributed by atoms with van der Waals surface area (Å²) in [6.45, 7) is 3.84. The predicted octanol–water partition coefficient (Wildman–Crippen LogP) is 0.777. The quantitative estimate of drug-likeness (QED) is 0.775. The van der Waals surface area contributed by atoms with Gasteiger partial charge in [-0.15, -0.1) is 5.10 Å². The molecule has 2 aromatic rings. The average molecular weight is 207 g/mol. The number of hydrogen-bond acceptors (Lipinski definition) is 5. The van der Waals surface area contributed by atoms with Crippen LogP contribution in [0.15, 0.2) is 4.52 Å². The second kappa shape index (κ2) is 3.72. The van der Waals surface area contributed by atoms with Crippen LogP contribution < -0.4 is 5.73 Å². The van der Waals surface area contributed by atoms with Gasteiger partial charge in [0.1, 0.15) is 11.6 Å². The minimum Gasteiger partial charge on any atom is -0.367 e. The van der Waals surface area contributed by atoms with Gasteiger partial charge in [-0.3, -0.25) is 5.10 Å². The van der Waals surface area contributed by atoms with E-state index in [1.165, 1.54) is 0 Å². The molecule has 80 valence electrons. The van der Waals surface area contributed by atoms with Gasteiger partial charge in [0.05, 0.1) is 5.69 Å². The smallest absolute Gasteiger partial charge is 0.239 e. The molecule has 2 rings (SSSR count). The number of aryl methyl sites for hydroxylation is 3. The van der Waals surface area contributed by atoms with Gasteiger partial charge >= 0.3 is 0 Å². The Balaban J connectivity index is 2.05. The highest BCUT2D eigenvalue weighted by Crippen LogP contribution is 2.14. The van der Waals surface area contributed by atoms with Gasteiger partial charge in [0.25, 0.3) is 0 Å². The zero-order valence-corrected chi connectivity index (χ0v) is 8.74. The van der Waals surface area contributed by atoms with Gasteiger partial charge in [-0.2, -0.15) is 4.98 Å². The molecule has 0 spiro atoms. The monoisotopic (exact) mass is 207 g/mol. The molecule has 0 aliphatic rings. The van der Waals surface area contributed by atoms with Crippen molar-refractivity contribution in [2.75, 3.05) is 5.73 Å². The minimum atomic E-state index is 0.281. The van der Waals surface area contributed by atoms with Crippen LogP contribution in [0.5, 0.6) is 0 Å². The first kappa shape index (κ1) is 9.70. The third-order valence-electron chi connectivity index (χ3n) is 2.34. The Labute approximate surface area is 86.9 Å². The first-order chi connectivity index (χ1) is 7.16. The van der Waals surface area contributed by atoms with Gasteiger partial charge in [-0.1, -0.05) is 5.16 Å². The van der Waals surface area contributed by atoms with Crippen molar-refractivity contribution < 1.29 is 4.52 Å². The summed E-state index contributed by atoms with van der Waals surface area (Å²) >= 11 is 0. The summed E-state index contributed by atoms with van der Waals surface area (Å²) in [6.07, 6.45) is 1.59. The lowest BCUT2D eigenvalue weighted by Gasteiger charge is -1.96. The fourth-order valence-electron chi connectivity index (χ4n) is 1.52. The standard InChI is InChI=1S/C9H13N5O/c1-5-7(6(2)15-14-5)3-4-8-11-9(10)13-12-8/h3-4H2,1-2H3,(H3,10,11,12,13). The van der Waals surface area contributed by atoms with E-state index in [2.05, 4.69) is 20.3 Å². The lowest BCUT2D eigenvalue weighted by Crippen LogP contribution is -1.96. The van der Waals surface area contributed by atoms with Crippen molar-refractivity contribution >= 4 is 5.95 Å². The first-order valence-corrected chi connectivity index (χ1v) is 4.75. The van der Waals surface area contributed by atoms with E-state index < -0.39 is 0 Å². The molecule has 0 saturated carbocycles. The molecule has 0 bridgehead atoms. The molecule has 0 radical (unpaired) electrons. The highest BCUT2D eigenvalue weighted by atomic mass is 16.5. The number of nitrogens with two attached hydrogens (primary N) is 1. The fraction of sp³-hybridized carbons (Fsp3) is 0.444. The van der Waals surface area contributed by atoms with Crippen molar-refractivity contribution in [1.82, 2.24) is 20.3 Å². The summed E-state index contributed by atoms with van der Waals surface area (Å²) in [5.74, 6) is 1.93. The van der Waals surface area contributed by atoms with Crippen LogP contribution in [-0.4, -0.2) is 20.3 Å². The van der Waals surface area contributed by atoms with Crippen LogP contribution in [0.4, 0.5) is 5.95 Å². The number of hydrogen-bond donors (Lipinski definition) is 2. The van der Waals surface area contributed by atoms with Crippen LogP contribution in [0, 0.1) is 13.8 Å². The number of aromatic nitrogens is 4. The Morgan fingerprint density at radius 1 is 1.33 bits per heavy atom. The summed E-state index contributed by atoms with van der Waals surface area (Å²) < 4.78 is 5.07. The molecule has 0 aliphatic heterocycles. The molecule has 6 heteroatoms. The third-order valence-corrected chi connectivity index (χ3v) is 2.34. The number of nitrogens with zero attached hydrogens (tertiary/aromatic N) is 3. The van der Waals surface area contributed by atoms with Crippen molar-refractivity contribution in [3.63, 3.8) is 0 Å². The highest BCUT2D eigenvalue weighted by molar-refractivity contribution is 5.22. The van der Waals surface area contributed by atoms with Gasteiger partial charge in [0.2, 0.25) is 5.95 Å². The van der Waals surface area contributed by atoms with E-state index in [0.29, 0.717) is 0 Å². The summed E-state index contributed by atoms with van der Waals surface area (Å²) in [7, 11) is 0. The van der Waals surface area contributed by atoms with Gasteiger partial charge in [0.15, 0.2) is 0 Å². The highest BCUT2D eigenvalue weighted by Gasteiger charge is 2.09. The van der Waals surface area contributed by atoms with Gasteiger partial charge in [-0.05, 0) is 20.3 Å². The topological polar surface area (TPSA) is 93.6 Å². The molecule has 0 atom stereocenters. The Morgan fingerprint density at radius 3 is 2.67 bits per heavy atom. The van der Waals surface area contributed by atoms with E-state index in [0.717, 1.165) is 35.7 Å². The Bertz CT molecular complexity index is 439. The van der Waals surface area contributed by atoms with Crippen molar-refractivity contribution in [3.8, 4) is 0 Å². The van der Waals surface area contributed by atoms with Crippen molar-refractivity contribution in [2.24, 2.45) is 0 Å². The molecule has 2 heterocycles. The maximum Gasteiger partial charge on any atom is 0.239 e. The summed E-state index contributed by atoms with van der Waals surface area (Å²) in [4.78, 5) is 4.03. The lowest BCUT2D eigenvalue weighted by molar-refractivity contribution is 0.392. The van der Waals surface area contributed by atoms with E-state index >= 15 is 0 Å². The van der Waals surface area contributed by atoms with E-state index in [-0.39, 0.29) is 5.95 Å². The van der Waals surface area contributed by atoms with Gasteiger partial charge < -0.3 is 10.3 Å². The van der Waals surface area contributed by atoms with E-state index in [1.807, 2.05) is 13.8 Å². The second-order valence-electron chi connectivity index (χ2n) is 3.44. The van der Waals surface area contributed by atoms with E-state index in [1.54, 1.807) is 0 Å². The molecule has 0 aromatic carbocycles. The maximum atomic E-state index is 5.40. The molecule has 0 unspecified atom stereocenters. The summed E-state index contributed by atoms with van der Waals surface area (Å²) in [5, 5.41) is 10.4. The van der Waals surface area contributed by atoms with Crippen molar-refractivity contribution in [2.45, 2.75) is 26.7 Å². The van der Waals surface area contributed by atoms with Crippen molar-refractivity contribution in [3.05, 3.63) is 22.8 Å². The molecule has 2 aromatic heterocycles. The Kier molecular flexibility index (Phi) is 2.40. The Hall–Kier alpha value is -1.85. The number of anilines is 1. The van der Waals surface area contributed by atoms with Crippen LogP contribution in [0.3, 0.4) is 0 Å². The van der Waals surface area contributed by atoms with E-state index in [4.69, 9.17) is 10.3 Å². The largest absolute Gasteiger partial charge is 0.367 e. The number of nitrogens with one attached hydrogen (secondary N) is 1. The summed E-state index contributed by atoms with van der Waals surface area (Å²) in [6, 6.07) is 0. The molecule has 15 heavy (non-hydrogen) atoms. The second-order valence-corrected chi connectivity index (χ2v) is 3.44. The SMILES string of the molecule is Cc1noc(C)c1CCc1nc(N)n[nH]1. The lowest BCUT2D eigenvalue weighted by atomic mass is 10.1. The zero-order valence-electron chi connectivity index (χ0n) is 8.74. The molecule has 0 saturated heterocycles. The first-order valence-electron chi connectivity index (χ1n) is 4.75. The number of H-pyrrole nitrogens is 1. The minimum absolute atomic E-state index is 0.281. The zero-order chi connectivity index (χ0) is 10.8. The molecule has 0 fully saturated rings. The molecular weight excluding hydrogens is 194 g/mol. The predicted molar refractivity (Wildman–Crippen MR) is 54.2 cm³/mol. The average Bonchev–Trinajstić information content (AvgIpc) is 2.73. The fourth-order valence-corrected chi connectivity index (χ4v) is 1.52. The van der Waals surface area contributed by atoms with Crippen LogP contribution >= 0.6 is 0 Å². The van der Waals surface area contributed by atoms with Gasteiger partial charge in [0, 0.05) is 12.0 Å². The van der Waals surface area contributed by atoms with E-state index in [9.17, 15) is 0 Å². The molecule has 6 nitrogen and oxygen atoms in total. The molecule has 3 N–H and O–H groups in total. The van der Waals surface area contributed by atoms with Crippen LogP contribution in [0.1, 0.15) is 22.8 Å².